The number of aromatic amines is 1. The number of rotatable bonds is 9. The van der Waals surface area contributed by atoms with Crippen LogP contribution in [0.1, 0.15) is 57.9 Å². The lowest BCUT2D eigenvalue weighted by Crippen LogP contribution is -2.59. The summed E-state index contributed by atoms with van der Waals surface area (Å²) in [4.78, 5) is 42.2. The maximum absolute atomic E-state index is 15.7. The number of nitrogens with one attached hydrogen (secondary N) is 2. The second-order valence-corrected chi connectivity index (χ2v) is 13.0. The van der Waals surface area contributed by atoms with Crippen molar-refractivity contribution in [1.82, 2.24) is 30.2 Å². The van der Waals surface area contributed by atoms with Crippen molar-refractivity contribution in [2.45, 2.75) is 50.4 Å². The molecule has 3 heterocycles. The minimum atomic E-state index is -4.73. The SMILES string of the molecule is Cn1cc(C[C@H](C(=O)NC(C)(C)C(C(=O)O)c2cccc(C(F)(F)F)c2)N2CCc3c(-c4cc5cn[nH]c5cc4C#N)ccc(F)c3C2=O)cn1. The van der Waals surface area contributed by atoms with E-state index in [2.05, 4.69) is 26.7 Å². The molecule has 0 saturated heterocycles. The predicted octanol–water partition coefficient (Wildman–Crippen LogP) is 5.37. The molecule has 0 saturated carbocycles. The average molecular weight is 702 g/mol. The van der Waals surface area contributed by atoms with Gasteiger partial charge in [0.15, 0.2) is 0 Å². The number of H-pyrrole nitrogens is 1. The molecule has 51 heavy (non-hydrogen) atoms. The Hall–Kier alpha value is -6.04. The van der Waals surface area contributed by atoms with E-state index in [-0.39, 0.29) is 36.1 Å². The Balaban J connectivity index is 1.37. The summed E-state index contributed by atoms with van der Waals surface area (Å²) in [5, 5.41) is 34.5. The van der Waals surface area contributed by atoms with Crippen molar-refractivity contribution >= 4 is 28.7 Å². The van der Waals surface area contributed by atoms with Gasteiger partial charge in [0.1, 0.15) is 17.8 Å². The number of alkyl halides is 3. The van der Waals surface area contributed by atoms with Crippen LogP contribution in [-0.4, -0.2) is 65.9 Å². The highest BCUT2D eigenvalue weighted by atomic mass is 19.4. The molecule has 1 aliphatic heterocycles. The van der Waals surface area contributed by atoms with Crippen LogP contribution in [0, 0.1) is 17.1 Å². The van der Waals surface area contributed by atoms with Crippen LogP contribution in [0.15, 0.2) is 67.1 Å². The highest BCUT2D eigenvalue weighted by Crippen LogP contribution is 2.37. The second kappa shape index (κ2) is 13.0. The molecule has 0 spiro atoms. The molecule has 5 aromatic rings. The molecule has 3 N–H and O–H groups in total. The van der Waals surface area contributed by atoms with E-state index < -0.39 is 52.8 Å². The fourth-order valence-electron chi connectivity index (χ4n) is 6.82. The quantitative estimate of drug-likeness (QED) is 0.175. The number of hydrogen-bond donors (Lipinski definition) is 3. The Kier molecular flexibility index (Phi) is 8.88. The molecule has 2 aromatic heterocycles. The molecule has 1 unspecified atom stereocenters. The number of aryl methyl sites for hydroxylation is 1. The molecular weight excluding hydrogens is 670 g/mol. The molecule has 0 radical (unpaired) electrons. The van der Waals surface area contributed by atoms with Gasteiger partial charge in [-0.2, -0.15) is 28.6 Å². The number of carbonyl (C=O) groups is 3. The van der Waals surface area contributed by atoms with E-state index in [1.165, 1.54) is 41.8 Å². The van der Waals surface area contributed by atoms with Crippen molar-refractivity contribution in [3.8, 4) is 17.2 Å². The Morgan fingerprint density at radius 2 is 1.88 bits per heavy atom. The minimum Gasteiger partial charge on any atom is -0.481 e. The van der Waals surface area contributed by atoms with Crippen molar-refractivity contribution in [2.24, 2.45) is 7.05 Å². The summed E-state index contributed by atoms with van der Waals surface area (Å²) in [6.07, 6.45) is -0.0214. The van der Waals surface area contributed by atoms with Gasteiger partial charge in [-0.1, -0.05) is 24.3 Å². The molecule has 0 aliphatic carbocycles. The molecule has 2 atom stereocenters. The lowest BCUT2D eigenvalue weighted by molar-refractivity contribution is -0.142. The molecule has 15 heteroatoms. The van der Waals surface area contributed by atoms with Crippen LogP contribution < -0.4 is 5.32 Å². The van der Waals surface area contributed by atoms with Gasteiger partial charge in [-0.3, -0.25) is 24.2 Å². The Morgan fingerprint density at radius 3 is 2.55 bits per heavy atom. The van der Waals surface area contributed by atoms with Crippen LogP contribution in [0.5, 0.6) is 0 Å². The minimum absolute atomic E-state index is 0.0487. The first-order valence-electron chi connectivity index (χ1n) is 15.8. The number of fused-ring (bicyclic) bond motifs is 2. The lowest BCUT2D eigenvalue weighted by Gasteiger charge is -2.39. The van der Waals surface area contributed by atoms with Crippen LogP contribution >= 0.6 is 0 Å². The third kappa shape index (κ3) is 6.64. The zero-order chi connectivity index (χ0) is 36.8. The highest BCUT2D eigenvalue weighted by Gasteiger charge is 2.43. The molecule has 0 fully saturated rings. The number of halogens is 4. The standard InChI is InChI=1S/C36H31F4N7O4/c1-35(2,31(34(50)51)20-5-4-6-23(12-20)36(38,39)40)44-32(48)29(11-19-16-43-46(3)18-19)47-10-9-25-24(7-8-27(37)30(25)33(47)49)26-13-22-17-42-45-28(22)14-21(26)15-41/h4-8,12-14,16-18,29,31H,9-11H2,1-3H3,(H,42,45)(H,44,48)(H,50,51)/t29-,31?/m1/s1. The fraction of sp³-hybridized carbons (Fsp3) is 0.278. The number of nitriles is 1. The first kappa shape index (κ1) is 34.8. The molecule has 2 amide bonds. The van der Waals surface area contributed by atoms with Gasteiger partial charge in [0.2, 0.25) is 5.91 Å². The zero-order valence-electron chi connectivity index (χ0n) is 27.5. The molecule has 262 valence electrons. The summed E-state index contributed by atoms with van der Waals surface area (Å²) in [6, 6.07) is 10.7. The summed E-state index contributed by atoms with van der Waals surface area (Å²) in [7, 11) is 1.66. The monoisotopic (exact) mass is 701 g/mol. The van der Waals surface area contributed by atoms with Gasteiger partial charge < -0.3 is 15.3 Å². The Bertz CT molecular complexity index is 2230. The molecule has 0 bridgehead atoms. The van der Waals surface area contributed by atoms with Gasteiger partial charge in [0, 0.05) is 37.2 Å². The normalized spacial score (nSPS) is 14.5. The second-order valence-electron chi connectivity index (χ2n) is 13.0. The van der Waals surface area contributed by atoms with Crippen molar-refractivity contribution in [3.63, 3.8) is 0 Å². The summed E-state index contributed by atoms with van der Waals surface area (Å²) < 4.78 is 57.7. The molecule has 11 nitrogen and oxygen atoms in total. The van der Waals surface area contributed by atoms with E-state index in [9.17, 15) is 37.9 Å². The van der Waals surface area contributed by atoms with Gasteiger partial charge in [0.25, 0.3) is 5.91 Å². The zero-order valence-corrected chi connectivity index (χ0v) is 27.5. The van der Waals surface area contributed by atoms with Crippen molar-refractivity contribution in [2.75, 3.05) is 6.54 Å². The van der Waals surface area contributed by atoms with Crippen LogP contribution in [0.4, 0.5) is 17.6 Å². The number of nitrogens with zero attached hydrogens (tertiary/aromatic N) is 5. The number of benzene rings is 3. The first-order chi connectivity index (χ1) is 24.1. The van der Waals surface area contributed by atoms with Crippen LogP contribution in [0.2, 0.25) is 0 Å². The summed E-state index contributed by atoms with van der Waals surface area (Å²) in [5.74, 6) is -5.53. The van der Waals surface area contributed by atoms with E-state index in [0.717, 1.165) is 24.3 Å². The number of amides is 2. The number of hydrogen-bond acceptors (Lipinski definition) is 6. The Morgan fingerprint density at radius 1 is 1.12 bits per heavy atom. The maximum atomic E-state index is 15.7. The van der Waals surface area contributed by atoms with Gasteiger partial charge in [-0.25, -0.2) is 4.39 Å². The number of carbonyl (C=O) groups excluding carboxylic acids is 2. The van der Waals surface area contributed by atoms with E-state index in [1.54, 1.807) is 31.6 Å². The number of carboxylic acids is 1. The smallest absolute Gasteiger partial charge is 0.416 e. The van der Waals surface area contributed by atoms with Gasteiger partial charge in [0.05, 0.1) is 46.2 Å². The summed E-state index contributed by atoms with van der Waals surface area (Å²) in [5.41, 5.74) is -0.430. The van der Waals surface area contributed by atoms with Crippen molar-refractivity contribution in [1.29, 1.82) is 5.26 Å². The van der Waals surface area contributed by atoms with E-state index in [1.807, 2.05) is 0 Å². The highest BCUT2D eigenvalue weighted by molar-refractivity contribution is 6.02. The average Bonchev–Trinajstić information content (AvgIpc) is 3.70. The molecular formula is C36H31F4N7O4. The third-order valence-corrected chi connectivity index (χ3v) is 9.16. The predicted molar refractivity (Wildman–Crippen MR) is 176 cm³/mol. The van der Waals surface area contributed by atoms with E-state index >= 15 is 4.39 Å². The maximum Gasteiger partial charge on any atom is 0.416 e. The number of aliphatic carboxylic acids is 1. The van der Waals surface area contributed by atoms with Crippen LogP contribution in [-0.2, 0) is 35.7 Å². The van der Waals surface area contributed by atoms with Crippen molar-refractivity contribution in [3.05, 3.63) is 106 Å². The topological polar surface area (TPSA) is 157 Å². The fourth-order valence-corrected chi connectivity index (χ4v) is 6.82. The van der Waals surface area contributed by atoms with Gasteiger partial charge in [-0.05, 0) is 66.8 Å². The van der Waals surface area contributed by atoms with Crippen LogP contribution in [0.25, 0.3) is 22.0 Å². The number of aromatic nitrogens is 4. The Labute approximate surface area is 288 Å². The molecule has 1 aliphatic rings. The largest absolute Gasteiger partial charge is 0.481 e. The first-order valence-corrected chi connectivity index (χ1v) is 15.8. The van der Waals surface area contributed by atoms with Gasteiger partial charge in [-0.15, -0.1) is 0 Å². The number of carboxylic acid groups (broad SMARTS) is 1. The third-order valence-electron chi connectivity index (χ3n) is 9.16. The lowest BCUT2D eigenvalue weighted by atomic mass is 9.81. The molecule has 3 aromatic carbocycles. The molecule has 6 rings (SSSR count). The van der Waals surface area contributed by atoms with Crippen molar-refractivity contribution < 1.29 is 37.1 Å². The van der Waals surface area contributed by atoms with E-state index in [0.29, 0.717) is 33.2 Å². The summed E-state index contributed by atoms with van der Waals surface area (Å²) >= 11 is 0. The van der Waals surface area contributed by atoms with E-state index in [4.69, 9.17) is 0 Å². The van der Waals surface area contributed by atoms with Gasteiger partial charge >= 0.3 is 12.1 Å². The van der Waals surface area contributed by atoms with Crippen LogP contribution in [0.3, 0.4) is 0 Å². The summed E-state index contributed by atoms with van der Waals surface area (Å²) in [6.45, 7) is 2.69.